The van der Waals surface area contributed by atoms with E-state index in [1.807, 2.05) is 11.9 Å². The molecule has 0 aliphatic carbocycles. The molecule has 0 aliphatic rings. The first-order chi connectivity index (χ1) is 8.08. The van der Waals surface area contributed by atoms with Crippen molar-refractivity contribution in [1.82, 2.24) is 9.97 Å². The van der Waals surface area contributed by atoms with Crippen molar-refractivity contribution >= 4 is 5.95 Å². The molecule has 5 nitrogen and oxygen atoms in total. The highest BCUT2D eigenvalue weighted by Crippen LogP contribution is 2.17. The van der Waals surface area contributed by atoms with Gasteiger partial charge in [0.25, 0.3) is 0 Å². The summed E-state index contributed by atoms with van der Waals surface area (Å²) in [5, 5.41) is 9.40. The van der Waals surface area contributed by atoms with Gasteiger partial charge in [-0.1, -0.05) is 13.8 Å². The lowest BCUT2D eigenvalue weighted by molar-refractivity contribution is 0.244. The van der Waals surface area contributed by atoms with Gasteiger partial charge in [0.05, 0.1) is 19.8 Å². The molecule has 0 aliphatic heterocycles. The lowest BCUT2D eigenvalue weighted by atomic mass is 10.0. The Labute approximate surface area is 102 Å². The Kier molecular flexibility index (Phi) is 5.15. The monoisotopic (exact) mass is 239 g/mol. The molecule has 5 heteroatoms. The molecule has 0 bridgehead atoms. The molecule has 96 valence electrons. The predicted molar refractivity (Wildman–Crippen MR) is 67.3 cm³/mol. The molecule has 0 saturated carbocycles. The average molecular weight is 239 g/mol. The zero-order valence-corrected chi connectivity index (χ0v) is 10.9. The van der Waals surface area contributed by atoms with Gasteiger partial charge < -0.3 is 14.7 Å². The summed E-state index contributed by atoms with van der Waals surface area (Å²) in [6, 6.07) is 1.73. The number of methoxy groups -OCH3 is 1. The van der Waals surface area contributed by atoms with E-state index >= 15 is 0 Å². The Balaban J connectivity index is 2.81. The minimum Gasteiger partial charge on any atom is -0.481 e. The molecular formula is C12H21N3O2. The maximum atomic E-state index is 9.40. The van der Waals surface area contributed by atoms with Gasteiger partial charge in [-0.05, 0) is 12.3 Å². The second-order valence-electron chi connectivity index (χ2n) is 4.48. The molecule has 1 atom stereocenters. The molecular weight excluding hydrogens is 218 g/mol. The number of rotatable bonds is 6. The van der Waals surface area contributed by atoms with E-state index in [9.17, 15) is 5.11 Å². The lowest BCUT2D eigenvalue weighted by Crippen LogP contribution is -2.37. The molecule has 1 rings (SSSR count). The van der Waals surface area contributed by atoms with Crippen molar-refractivity contribution in [2.45, 2.75) is 26.3 Å². The Hall–Kier alpha value is -1.36. The third-order valence-corrected chi connectivity index (χ3v) is 2.64. The molecule has 0 spiro atoms. The zero-order valence-electron chi connectivity index (χ0n) is 10.9. The van der Waals surface area contributed by atoms with Crippen molar-refractivity contribution in [3.05, 3.63) is 12.3 Å². The summed E-state index contributed by atoms with van der Waals surface area (Å²) in [7, 11) is 3.46. The van der Waals surface area contributed by atoms with Gasteiger partial charge in [0.1, 0.15) is 0 Å². The molecule has 1 heterocycles. The van der Waals surface area contributed by atoms with E-state index in [0.717, 1.165) is 6.42 Å². The van der Waals surface area contributed by atoms with Crippen molar-refractivity contribution in [2.24, 2.45) is 5.92 Å². The van der Waals surface area contributed by atoms with Crippen LogP contribution in [-0.2, 0) is 0 Å². The molecule has 0 aromatic carbocycles. The highest BCUT2D eigenvalue weighted by molar-refractivity contribution is 5.32. The quantitative estimate of drug-likeness (QED) is 0.811. The van der Waals surface area contributed by atoms with Gasteiger partial charge >= 0.3 is 0 Å². The molecule has 1 N–H and O–H groups in total. The van der Waals surface area contributed by atoms with E-state index in [-0.39, 0.29) is 12.6 Å². The first-order valence-corrected chi connectivity index (χ1v) is 5.79. The van der Waals surface area contributed by atoms with Crippen LogP contribution in [0.4, 0.5) is 5.95 Å². The highest BCUT2D eigenvalue weighted by Gasteiger charge is 2.18. The number of likely N-dealkylation sites (N-methyl/N-ethyl adjacent to an activating group) is 1. The van der Waals surface area contributed by atoms with E-state index in [2.05, 4.69) is 23.8 Å². The van der Waals surface area contributed by atoms with Crippen LogP contribution < -0.4 is 9.64 Å². The highest BCUT2D eigenvalue weighted by atomic mass is 16.5. The fraction of sp³-hybridized carbons (Fsp3) is 0.667. The number of anilines is 1. The maximum Gasteiger partial charge on any atom is 0.228 e. The molecule has 1 aromatic heterocycles. The number of nitrogens with zero attached hydrogens (tertiary/aromatic N) is 3. The van der Waals surface area contributed by atoms with Crippen molar-refractivity contribution in [3.63, 3.8) is 0 Å². The summed E-state index contributed by atoms with van der Waals surface area (Å²) in [4.78, 5) is 10.3. The van der Waals surface area contributed by atoms with Gasteiger partial charge in [-0.25, -0.2) is 4.98 Å². The number of ether oxygens (including phenoxy) is 1. The summed E-state index contributed by atoms with van der Waals surface area (Å²) in [5.74, 6) is 1.62. The van der Waals surface area contributed by atoms with E-state index in [1.54, 1.807) is 19.4 Å². The molecule has 0 saturated heterocycles. The van der Waals surface area contributed by atoms with Crippen LogP contribution in [0.15, 0.2) is 12.3 Å². The number of aliphatic hydroxyl groups excluding tert-OH is 1. The topological polar surface area (TPSA) is 58.5 Å². The summed E-state index contributed by atoms with van der Waals surface area (Å²) >= 11 is 0. The third-order valence-electron chi connectivity index (χ3n) is 2.64. The molecule has 0 radical (unpaired) electrons. The Bertz CT molecular complexity index is 344. The first-order valence-electron chi connectivity index (χ1n) is 5.79. The number of hydrogen-bond donors (Lipinski definition) is 1. The predicted octanol–water partition coefficient (Wildman–Crippen LogP) is 1.33. The summed E-state index contributed by atoms with van der Waals surface area (Å²) in [5.41, 5.74) is 0. The summed E-state index contributed by atoms with van der Waals surface area (Å²) in [6.45, 7) is 4.35. The molecule has 0 fully saturated rings. The summed E-state index contributed by atoms with van der Waals surface area (Å²) < 4.78 is 5.06. The van der Waals surface area contributed by atoms with Crippen LogP contribution in [0, 0.1) is 5.92 Å². The number of hydrogen-bond acceptors (Lipinski definition) is 5. The zero-order chi connectivity index (χ0) is 12.8. The fourth-order valence-electron chi connectivity index (χ4n) is 1.68. The van der Waals surface area contributed by atoms with Crippen LogP contribution in [-0.4, -0.2) is 41.9 Å². The first kappa shape index (κ1) is 13.7. The van der Waals surface area contributed by atoms with Gasteiger partial charge in [-0.2, -0.15) is 4.98 Å². The van der Waals surface area contributed by atoms with Gasteiger partial charge in [-0.3, -0.25) is 0 Å². The van der Waals surface area contributed by atoms with Crippen LogP contribution in [0.25, 0.3) is 0 Å². The SMILES string of the molecule is COc1ccnc(N(C)C(CO)CC(C)C)n1. The average Bonchev–Trinajstić information content (AvgIpc) is 2.35. The Morgan fingerprint density at radius 2 is 2.18 bits per heavy atom. The largest absolute Gasteiger partial charge is 0.481 e. The summed E-state index contributed by atoms with van der Waals surface area (Å²) in [6.07, 6.45) is 2.55. The standard InChI is InChI=1S/C12H21N3O2/c1-9(2)7-10(8-16)15(3)12-13-6-5-11(14-12)17-4/h5-6,9-10,16H,7-8H2,1-4H3. The lowest BCUT2D eigenvalue weighted by Gasteiger charge is -2.27. The minimum absolute atomic E-state index is 0.0297. The number of aliphatic hydroxyl groups is 1. The van der Waals surface area contributed by atoms with Gasteiger partial charge in [0.15, 0.2) is 0 Å². The van der Waals surface area contributed by atoms with Gasteiger partial charge in [0.2, 0.25) is 11.8 Å². The van der Waals surface area contributed by atoms with E-state index in [4.69, 9.17) is 4.74 Å². The minimum atomic E-state index is 0.0297. The fourth-order valence-corrected chi connectivity index (χ4v) is 1.68. The second kappa shape index (κ2) is 6.39. The van der Waals surface area contributed by atoms with Crippen LogP contribution in [0.1, 0.15) is 20.3 Å². The van der Waals surface area contributed by atoms with Crippen molar-refractivity contribution in [2.75, 3.05) is 25.7 Å². The molecule has 0 amide bonds. The smallest absolute Gasteiger partial charge is 0.228 e. The third kappa shape index (κ3) is 3.85. The normalized spacial score (nSPS) is 12.6. The van der Waals surface area contributed by atoms with Gasteiger partial charge in [-0.15, -0.1) is 0 Å². The van der Waals surface area contributed by atoms with Crippen LogP contribution >= 0.6 is 0 Å². The second-order valence-corrected chi connectivity index (χ2v) is 4.48. The Morgan fingerprint density at radius 1 is 1.47 bits per heavy atom. The van der Waals surface area contributed by atoms with Crippen LogP contribution in [0.2, 0.25) is 0 Å². The van der Waals surface area contributed by atoms with Crippen LogP contribution in [0.3, 0.4) is 0 Å². The maximum absolute atomic E-state index is 9.40. The van der Waals surface area contributed by atoms with Crippen molar-refractivity contribution in [3.8, 4) is 5.88 Å². The van der Waals surface area contributed by atoms with E-state index < -0.39 is 0 Å². The Morgan fingerprint density at radius 3 is 2.71 bits per heavy atom. The van der Waals surface area contributed by atoms with E-state index in [1.165, 1.54) is 0 Å². The molecule has 1 aromatic rings. The molecule has 1 unspecified atom stereocenters. The van der Waals surface area contributed by atoms with Gasteiger partial charge in [0, 0.05) is 19.3 Å². The number of aromatic nitrogens is 2. The van der Waals surface area contributed by atoms with E-state index in [0.29, 0.717) is 17.7 Å². The van der Waals surface area contributed by atoms with Crippen molar-refractivity contribution < 1.29 is 9.84 Å². The van der Waals surface area contributed by atoms with Crippen molar-refractivity contribution in [1.29, 1.82) is 0 Å². The molecule has 17 heavy (non-hydrogen) atoms. The van der Waals surface area contributed by atoms with Crippen LogP contribution in [0.5, 0.6) is 5.88 Å².